The maximum Gasteiger partial charge on any atom is 0.336 e. The van der Waals surface area contributed by atoms with Crippen molar-refractivity contribution in [3.63, 3.8) is 0 Å². The lowest BCUT2D eigenvalue weighted by Gasteiger charge is -2.18. The van der Waals surface area contributed by atoms with Gasteiger partial charge in [0, 0.05) is 23.3 Å². The quantitative estimate of drug-likeness (QED) is 0.495. The van der Waals surface area contributed by atoms with Crippen LogP contribution in [0.4, 0.5) is 0 Å². The molecule has 1 atom stereocenters. The van der Waals surface area contributed by atoms with Gasteiger partial charge < -0.3 is 29.1 Å². The van der Waals surface area contributed by atoms with E-state index in [0.29, 0.717) is 28.0 Å². The highest BCUT2D eigenvalue weighted by molar-refractivity contribution is 7.98. The number of fused-ring (bicyclic) bond motifs is 1. The van der Waals surface area contributed by atoms with E-state index in [9.17, 15) is 19.5 Å². The first-order chi connectivity index (χ1) is 14.9. The minimum absolute atomic E-state index is 0.184. The lowest BCUT2D eigenvalue weighted by atomic mass is 10.0. The molecule has 162 valence electrons. The molecule has 1 heterocycles. The van der Waals surface area contributed by atoms with Crippen LogP contribution in [0.2, 0.25) is 0 Å². The normalized spacial score (nSPS) is 11.7. The molecule has 0 aliphatic carbocycles. The smallest absolute Gasteiger partial charge is 0.336 e. The molecule has 0 unspecified atom stereocenters. The number of rotatable bonds is 9. The molecule has 0 fully saturated rings. The van der Waals surface area contributed by atoms with Crippen LogP contribution in [0.1, 0.15) is 0 Å². The van der Waals surface area contributed by atoms with E-state index in [1.807, 2.05) is 12.1 Å². The zero-order chi connectivity index (χ0) is 22.4. The molecule has 2 aromatic carbocycles. The van der Waals surface area contributed by atoms with E-state index in [2.05, 4.69) is 5.32 Å². The first-order valence-corrected chi connectivity index (χ1v) is 10.6. The van der Waals surface area contributed by atoms with Gasteiger partial charge in [-0.15, -0.1) is 0 Å². The number of carboxylic acids is 1. The van der Waals surface area contributed by atoms with Crippen molar-refractivity contribution in [3.8, 4) is 22.6 Å². The number of benzene rings is 2. The van der Waals surface area contributed by atoms with E-state index in [0.717, 1.165) is 5.56 Å². The molecule has 0 saturated carbocycles. The fourth-order valence-corrected chi connectivity index (χ4v) is 3.52. The number of carbonyl (C=O) groups excluding carboxylic acids is 2. The zero-order valence-corrected chi connectivity index (χ0v) is 17.7. The van der Waals surface area contributed by atoms with Gasteiger partial charge in [0.15, 0.2) is 6.61 Å². The number of carbonyl (C=O) groups is 2. The minimum atomic E-state index is -1.36. The Morgan fingerprint density at radius 2 is 1.84 bits per heavy atom. The van der Waals surface area contributed by atoms with Crippen molar-refractivity contribution in [3.05, 3.63) is 59.0 Å². The van der Waals surface area contributed by atoms with Gasteiger partial charge in [-0.3, -0.25) is 4.79 Å². The summed E-state index contributed by atoms with van der Waals surface area (Å²) < 4.78 is 15.9. The maximum atomic E-state index is 12.1. The standard InChI is InChI=1S/C22H21NO7S/c1-28-14-5-3-13(4-6-14)17-10-21(25)30-19-9-15(7-8-16(17)19)29-11-20(24)23-18(12-31-2)22(26)27/h3-10,18H,11-12H2,1-2H3,(H,23,24)(H,26,27)/p-1/t18-/m0/s1. The molecule has 0 aliphatic heterocycles. The third-order valence-corrected chi connectivity index (χ3v) is 5.11. The molecule has 3 rings (SSSR count). The number of ether oxygens (including phenoxy) is 2. The predicted octanol–water partition coefficient (Wildman–Crippen LogP) is 1.45. The number of amides is 1. The molecule has 0 saturated heterocycles. The van der Waals surface area contributed by atoms with E-state index < -0.39 is 30.2 Å². The van der Waals surface area contributed by atoms with Crippen LogP contribution in [-0.2, 0) is 9.59 Å². The van der Waals surface area contributed by atoms with Crippen LogP contribution < -0.4 is 25.5 Å². The molecule has 9 heteroatoms. The molecule has 0 bridgehead atoms. The summed E-state index contributed by atoms with van der Waals surface area (Å²) in [4.78, 5) is 35.1. The van der Waals surface area contributed by atoms with Gasteiger partial charge in [-0.05, 0) is 41.6 Å². The van der Waals surface area contributed by atoms with Crippen molar-refractivity contribution < 1.29 is 28.6 Å². The van der Waals surface area contributed by atoms with Crippen LogP contribution >= 0.6 is 11.8 Å². The Labute approximate surface area is 182 Å². The second kappa shape index (κ2) is 10.0. The summed E-state index contributed by atoms with van der Waals surface area (Å²) in [6.07, 6.45) is 1.72. The van der Waals surface area contributed by atoms with Gasteiger partial charge in [0.1, 0.15) is 17.1 Å². The summed E-state index contributed by atoms with van der Waals surface area (Å²) in [6, 6.07) is 12.4. The Kier molecular flexibility index (Phi) is 7.19. The second-order valence-electron chi connectivity index (χ2n) is 6.55. The predicted molar refractivity (Wildman–Crippen MR) is 115 cm³/mol. The van der Waals surface area contributed by atoms with E-state index in [-0.39, 0.29) is 5.75 Å². The van der Waals surface area contributed by atoms with Crippen LogP contribution in [-0.4, -0.2) is 43.6 Å². The van der Waals surface area contributed by atoms with Gasteiger partial charge in [-0.1, -0.05) is 12.1 Å². The minimum Gasteiger partial charge on any atom is -0.548 e. The summed E-state index contributed by atoms with van der Waals surface area (Å²) in [5.74, 6) is -0.780. The van der Waals surface area contributed by atoms with Crippen LogP contribution in [0.3, 0.4) is 0 Å². The summed E-state index contributed by atoms with van der Waals surface area (Å²) in [5.41, 5.74) is 1.27. The third kappa shape index (κ3) is 5.58. The van der Waals surface area contributed by atoms with Crippen LogP contribution in [0.15, 0.2) is 57.7 Å². The molecule has 31 heavy (non-hydrogen) atoms. The Morgan fingerprint density at radius 1 is 1.13 bits per heavy atom. The van der Waals surface area contributed by atoms with E-state index in [1.165, 1.54) is 23.9 Å². The number of thioether (sulfide) groups is 1. The van der Waals surface area contributed by atoms with E-state index in [1.54, 1.807) is 37.6 Å². The van der Waals surface area contributed by atoms with E-state index in [4.69, 9.17) is 13.9 Å². The van der Waals surface area contributed by atoms with Crippen LogP contribution in [0, 0.1) is 0 Å². The first kappa shape index (κ1) is 22.2. The molecule has 1 N–H and O–H groups in total. The highest BCUT2D eigenvalue weighted by Gasteiger charge is 2.14. The van der Waals surface area contributed by atoms with Crippen LogP contribution in [0.25, 0.3) is 22.1 Å². The maximum absolute atomic E-state index is 12.1. The largest absolute Gasteiger partial charge is 0.548 e. The number of hydrogen-bond donors (Lipinski definition) is 1. The third-order valence-electron chi connectivity index (χ3n) is 4.44. The molecule has 8 nitrogen and oxygen atoms in total. The van der Waals surface area contributed by atoms with Gasteiger partial charge in [0.05, 0.1) is 19.1 Å². The lowest BCUT2D eigenvalue weighted by molar-refractivity contribution is -0.307. The average molecular weight is 442 g/mol. The van der Waals surface area contributed by atoms with Crippen molar-refractivity contribution in [2.24, 2.45) is 0 Å². The van der Waals surface area contributed by atoms with Crippen LogP contribution in [0.5, 0.6) is 11.5 Å². The second-order valence-corrected chi connectivity index (χ2v) is 7.46. The van der Waals surface area contributed by atoms with Gasteiger partial charge in [-0.25, -0.2) is 4.79 Å². The summed E-state index contributed by atoms with van der Waals surface area (Å²) in [6.45, 7) is -0.397. The lowest BCUT2D eigenvalue weighted by Crippen LogP contribution is -2.50. The molecule has 1 amide bonds. The number of nitrogens with one attached hydrogen (secondary N) is 1. The zero-order valence-electron chi connectivity index (χ0n) is 16.9. The van der Waals surface area contributed by atoms with Crippen molar-refractivity contribution in [2.45, 2.75) is 6.04 Å². The monoisotopic (exact) mass is 442 g/mol. The molecular weight excluding hydrogens is 422 g/mol. The fraction of sp³-hybridized carbons (Fsp3) is 0.227. The summed E-state index contributed by atoms with van der Waals surface area (Å²) in [5, 5.41) is 14.1. The first-order valence-electron chi connectivity index (χ1n) is 9.25. The topological polar surface area (TPSA) is 118 Å². The molecule has 3 aromatic rings. The number of carboxylic acid groups (broad SMARTS) is 1. The number of methoxy groups -OCH3 is 1. The van der Waals surface area contributed by atoms with Crippen molar-refractivity contribution in [1.29, 1.82) is 0 Å². The highest BCUT2D eigenvalue weighted by Crippen LogP contribution is 2.30. The Morgan fingerprint density at radius 3 is 2.48 bits per heavy atom. The Hall–Kier alpha value is -3.46. The van der Waals surface area contributed by atoms with Gasteiger partial charge >= 0.3 is 5.63 Å². The number of hydrogen-bond acceptors (Lipinski definition) is 8. The Balaban J connectivity index is 1.79. The van der Waals surface area contributed by atoms with Gasteiger partial charge in [0.25, 0.3) is 5.91 Å². The van der Waals surface area contributed by atoms with Crippen molar-refractivity contribution >= 4 is 34.6 Å². The highest BCUT2D eigenvalue weighted by atomic mass is 32.2. The molecule has 0 spiro atoms. The van der Waals surface area contributed by atoms with Gasteiger partial charge in [-0.2, -0.15) is 11.8 Å². The van der Waals surface area contributed by atoms with Crippen molar-refractivity contribution in [2.75, 3.05) is 25.7 Å². The summed E-state index contributed by atoms with van der Waals surface area (Å²) in [7, 11) is 1.57. The fourth-order valence-electron chi connectivity index (χ4n) is 2.96. The molecule has 0 aliphatic rings. The average Bonchev–Trinajstić information content (AvgIpc) is 2.76. The molecule has 1 aromatic heterocycles. The van der Waals surface area contributed by atoms with E-state index >= 15 is 0 Å². The summed E-state index contributed by atoms with van der Waals surface area (Å²) >= 11 is 1.27. The Bertz CT molecular complexity index is 1140. The number of aliphatic carboxylic acids is 1. The van der Waals surface area contributed by atoms with Crippen molar-refractivity contribution in [1.82, 2.24) is 5.32 Å². The SMILES string of the molecule is COc1ccc(-c2cc(=O)oc3cc(OCC(=O)N[C@@H](CSC)C(=O)[O-])ccc23)cc1. The van der Waals surface area contributed by atoms with Gasteiger partial charge in [0.2, 0.25) is 0 Å². The molecular formula is C22H20NO7S-. The molecule has 0 radical (unpaired) electrons.